The number of aryl methyl sites for hydroxylation is 1. The minimum absolute atomic E-state index is 0.132. The van der Waals surface area contributed by atoms with Gasteiger partial charge in [0.15, 0.2) is 0 Å². The lowest BCUT2D eigenvalue weighted by Crippen LogP contribution is -2.14. The van der Waals surface area contributed by atoms with Gasteiger partial charge in [0.1, 0.15) is 19.0 Å². The molecule has 116 valence electrons. The maximum absolute atomic E-state index is 12.4. The van der Waals surface area contributed by atoms with Gasteiger partial charge in [0.05, 0.1) is 16.3 Å². The van der Waals surface area contributed by atoms with Gasteiger partial charge in [-0.2, -0.15) is 0 Å². The van der Waals surface area contributed by atoms with Crippen LogP contribution in [0, 0.1) is 6.92 Å². The van der Waals surface area contributed by atoms with E-state index in [2.05, 4.69) is 5.32 Å². The number of rotatable bonds is 5. The number of halogens is 3. The van der Waals surface area contributed by atoms with Gasteiger partial charge >= 0.3 is 0 Å². The first-order valence-electron chi connectivity index (χ1n) is 6.57. The predicted octanol–water partition coefficient (Wildman–Crippen LogP) is 4.90. The summed E-state index contributed by atoms with van der Waals surface area (Å²) in [7, 11) is 0. The van der Waals surface area contributed by atoms with E-state index in [4.69, 9.17) is 27.9 Å². The largest absolute Gasteiger partial charge is 0.490 e. The number of alkyl halides is 1. The second-order valence-corrected chi connectivity index (χ2v) is 5.46. The summed E-state index contributed by atoms with van der Waals surface area (Å²) in [5.41, 5.74) is 1.68. The summed E-state index contributed by atoms with van der Waals surface area (Å²) in [6, 6.07) is 9.86. The SMILES string of the molecule is Cc1ccc(NC(=O)c2cc(Cl)ccc2OCCF)c(Cl)c1. The van der Waals surface area contributed by atoms with Crippen LogP contribution in [-0.2, 0) is 0 Å². The highest BCUT2D eigenvalue weighted by Gasteiger charge is 2.15. The molecule has 2 rings (SSSR count). The molecule has 2 aromatic rings. The van der Waals surface area contributed by atoms with Crippen LogP contribution in [0.2, 0.25) is 10.0 Å². The van der Waals surface area contributed by atoms with Gasteiger partial charge in [-0.15, -0.1) is 0 Å². The minimum atomic E-state index is -0.645. The molecule has 0 spiro atoms. The Labute approximate surface area is 138 Å². The number of nitrogens with one attached hydrogen (secondary N) is 1. The third kappa shape index (κ3) is 4.12. The molecule has 0 bridgehead atoms. The van der Waals surface area contributed by atoms with Gasteiger partial charge in [-0.05, 0) is 42.8 Å². The maximum atomic E-state index is 12.4. The lowest BCUT2D eigenvalue weighted by molar-refractivity contribution is 0.102. The van der Waals surface area contributed by atoms with Crippen LogP contribution in [0.5, 0.6) is 5.75 Å². The monoisotopic (exact) mass is 341 g/mol. The molecule has 0 aliphatic carbocycles. The smallest absolute Gasteiger partial charge is 0.259 e. The molecular weight excluding hydrogens is 328 g/mol. The number of carbonyl (C=O) groups excluding carboxylic acids is 1. The molecule has 22 heavy (non-hydrogen) atoms. The van der Waals surface area contributed by atoms with Crippen molar-refractivity contribution in [1.82, 2.24) is 0 Å². The molecule has 0 fully saturated rings. The molecule has 0 radical (unpaired) electrons. The molecule has 0 atom stereocenters. The van der Waals surface area contributed by atoms with Crippen LogP contribution in [0.15, 0.2) is 36.4 Å². The number of hydrogen-bond donors (Lipinski definition) is 1. The van der Waals surface area contributed by atoms with Crippen LogP contribution in [0.4, 0.5) is 10.1 Å². The molecule has 0 unspecified atom stereocenters. The highest BCUT2D eigenvalue weighted by Crippen LogP contribution is 2.27. The zero-order chi connectivity index (χ0) is 16.1. The van der Waals surface area contributed by atoms with Gasteiger partial charge < -0.3 is 10.1 Å². The Hall–Kier alpha value is -1.78. The van der Waals surface area contributed by atoms with E-state index in [-0.39, 0.29) is 17.9 Å². The summed E-state index contributed by atoms with van der Waals surface area (Å²) >= 11 is 12.0. The van der Waals surface area contributed by atoms with Crippen LogP contribution in [0.1, 0.15) is 15.9 Å². The number of benzene rings is 2. The van der Waals surface area contributed by atoms with E-state index < -0.39 is 12.6 Å². The third-order valence-electron chi connectivity index (χ3n) is 2.89. The fourth-order valence-corrected chi connectivity index (χ4v) is 2.32. The second kappa shape index (κ2) is 7.47. The van der Waals surface area contributed by atoms with Gasteiger partial charge in [0, 0.05) is 5.02 Å². The molecule has 6 heteroatoms. The van der Waals surface area contributed by atoms with E-state index in [0.717, 1.165) is 5.56 Å². The van der Waals surface area contributed by atoms with Crippen LogP contribution >= 0.6 is 23.2 Å². The topological polar surface area (TPSA) is 38.3 Å². The van der Waals surface area contributed by atoms with Crippen molar-refractivity contribution in [3.8, 4) is 5.75 Å². The molecule has 2 aromatic carbocycles. The van der Waals surface area contributed by atoms with E-state index in [1.165, 1.54) is 12.1 Å². The number of anilines is 1. The van der Waals surface area contributed by atoms with Crippen molar-refractivity contribution in [2.45, 2.75) is 6.92 Å². The van der Waals surface area contributed by atoms with Crippen molar-refractivity contribution in [2.75, 3.05) is 18.6 Å². The Morgan fingerprint density at radius 3 is 2.68 bits per heavy atom. The zero-order valence-electron chi connectivity index (χ0n) is 11.8. The standard InChI is InChI=1S/C16H14Cl2FNO2/c1-10-2-4-14(13(18)8-10)20-16(21)12-9-11(17)3-5-15(12)22-7-6-19/h2-5,8-9H,6-7H2,1H3,(H,20,21). The molecule has 3 nitrogen and oxygen atoms in total. The number of amides is 1. The maximum Gasteiger partial charge on any atom is 0.259 e. The highest BCUT2D eigenvalue weighted by molar-refractivity contribution is 6.34. The molecule has 0 saturated heterocycles. The van der Waals surface area contributed by atoms with Gasteiger partial charge in [-0.3, -0.25) is 4.79 Å². The fourth-order valence-electron chi connectivity index (χ4n) is 1.87. The van der Waals surface area contributed by atoms with Gasteiger partial charge in [0.2, 0.25) is 0 Å². The molecule has 1 amide bonds. The Morgan fingerprint density at radius 1 is 1.23 bits per heavy atom. The molecular formula is C16H14Cl2FNO2. The molecule has 1 N–H and O–H groups in total. The van der Waals surface area contributed by atoms with Crippen LogP contribution < -0.4 is 10.1 Å². The first-order valence-corrected chi connectivity index (χ1v) is 7.32. The molecule has 0 aliphatic rings. The van der Waals surface area contributed by atoms with Crippen molar-refractivity contribution in [3.63, 3.8) is 0 Å². The molecule has 0 heterocycles. The average molecular weight is 342 g/mol. The Morgan fingerprint density at radius 2 is 2.00 bits per heavy atom. The van der Waals surface area contributed by atoms with E-state index in [1.807, 2.05) is 13.0 Å². The average Bonchev–Trinajstić information content (AvgIpc) is 2.48. The zero-order valence-corrected chi connectivity index (χ0v) is 13.3. The van der Waals surface area contributed by atoms with Crippen LogP contribution in [0.25, 0.3) is 0 Å². The first kappa shape index (κ1) is 16.6. The summed E-state index contributed by atoms with van der Waals surface area (Å²) < 4.78 is 17.5. The van der Waals surface area contributed by atoms with Crippen molar-refractivity contribution in [1.29, 1.82) is 0 Å². The lowest BCUT2D eigenvalue weighted by Gasteiger charge is -2.12. The van der Waals surface area contributed by atoms with E-state index >= 15 is 0 Å². The lowest BCUT2D eigenvalue weighted by atomic mass is 10.1. The van der Waals surface area contributed by atoms with E-state index in [0.29, 0.717) is 15.7 Å². The summed E-state index contributed by atoms with van der Waals surface area (Å²) in [6.07, 6.45) is 0. The minimum Gasteiger partial charge on any atom is -0.490 e. The molecule has 0 aliphatic heterocycles. The first-order chi connectivity index (χ1) is 10.5. The van der Waals surface area contributed by atoms with Crippen LogP contribution in [0.3, 0.4) is 0 Å². The van der Waals surface area contributed by atoms with E-state index in [1.54, 1.807) is 18.2 Å². The van der Waals surface area contributed by atoms with E-state index in [9.17, 15) is 9.18 Å². The normalized spacial score (nSPS) is 10.4. The van der Waals surface area contributed by atoms with Crippen LogP contribution in [-0.4, -0.2) is 19.2 Å². The number of hydrogen-bond acceptors (Lipinski definition) is 2. The van der Waals surface area contributed by atoms with Gasteiger partial charge in [0.25, 0.3) is 5.91 Å². The van der Waals surface area contributed by atoms with Crippen molar-refractivity contribution < 1.29 is 13.9 Å². The predicted molar refractivity (Wildman–Crippen MR) is 87.1 cm³/mol. The Bertz CT molecular complexity index is 692. The summed E-state index contributed by atoms with van der Waals surface area (Å²) in [4.78, 5) is 12.4. The third-order valence-corrected chi connectivity index (χ3v) is 3.44. The summed E-state index contributed by atoms with van der Waals surface area (Å²) in [5, 5.41) is 3.51. The molecule has 0 saturated carbocycles. The fraction of sp³-hybridized carbons (Fsp3) is 0.188. The number of carbonyl (C=O) groups is 1. The van der Waals surface area contributed by atoms with Gasteiger partial charge in [-0.25, -0.2) is 4.39 Å². The highest BCUT2D eigenvalue weighted by atomic mass is 35.5. The Kier molecular flexibility index (Phi) is 5.63. The number of ether oxygens (including phenoxy) is 1. The quantitative estimate of drug-likeness (QED) is 0.839. The van der Waals surface area contributed by atoms with Crippen molar-refractivity contribution in [2.24, 2.45) is 0 Å². The molecule has 0 aromatic heterocycles. The second-order valence-electron chi connectivity index (χ2n) is 4.62. The van der Waals surface area contributed by atoms with Crippen molar-refractivity contribution >= 4 is 34.8 Å². The van der Waals surface area contributed by atoms with Gasteiger partial charge in [-0.1, -0.05) is 29.3 Å². The van der Waals surface area contributed by atoms with Crippen molar-refractivity contribution in [3.05, 3.63) is 57.6 Å². The Balaban J connectivity index is 2.26. The summed E-state index contributed by atoms with van der Waals surface area (Å²) in [5.74, 6) is -0.162. The summed E-state index contributed by atoms with van der Waals surface area (Å²) in [6.45, 7) is 1.12.